The highest BCUT2D eigenvalue weighted by atomic mass is 32.2. The van der Waals surface area contributed by atoms with Crippen LogP contribution in [0.3, 0.4) is 0 Å². The van der Waals surface area contributed by atoms with E-state index in [0.29, 0.717) is 12.8 Å². The first kappa shape index (κ1) is 22.6. The number of ether oxygens (including phenoxy) is 3. The van der Waals surface area contributed by atoms with Gasteiger partial charge < -0.3 is 14.2 Å². The Morgan fingerprint density at radius 1 is 1.11 bits per heavy atom. The highest BCUT2D eigenvalue weighted by molar-refractivity contribution is 7.85. The average Bonchev–Trinajstić information content (AvgIpc) is 3.55. The van der Waals surface area contributed by atoms with E-state index in [1.54, 1.807) is 0 Å². The largest absolute Gasteiger partial charge is 0.458 e. The number of hydrogen-bond donors (Lipinski definition) is 3. The molecule has 6 fully saturated rings. The van der Waals surface area contributed by atoms with Gasteiger partial charge in [-0.05, 0) is 49.4 Å². The molecule has 3 N–H and O–H groups in total. The zero-order valence-corrected chi connectivity index (χ0v) is 20.6. The molecule has 3 aliphatic heterocycles. The fourth-order valence-corrected chi connectivity index (χ4v) is 8.12. The molecular weight excluding hydrogens is 492 g/mol. The number of benzene rings is 1. The van der Waals surface area contributed by atoms with E-state index < -0.39 is 63.1 Å². The molecule has 1 aromatic carbocycles. The molecule has 0 spiro atoms. The number of nitrogens with one attached hydrogen (secondary N) is 2. The van der Waals surface area contributed by atoms with E-state index in [1.165, 1.54) is 12.1 Å². The fourth-order valence-electron chi connectivity index (χ4n) is 7.64. The summed E-state index contributed by atoms with van der Waals surface area (Å²) >= 11 is 0. The van der Waals surface area contributed by atoms with E-state index in [2.05, 4.69) is 10.6 Å². The second-order valence-corrected chi connectivity index (χ2v) is 13.3. The van der Waals surface area contributed by atoms with Crippen molar-refractivity contribution in [1.82, 2.24) is 10.6 Å². The Hall–Kier alpha value is -2.54. The van der Waals surface area contributed by atoms with Gasteiger partial charge in [-0.1, -0.05) is 13.8 Å². The summed E-state index contributed by atoms with van der Waals surface area (Å²) in [6.07, 6.45) is -0.140. The lowest BCUT2D eigenvalue weighted by Gasteiger charge is -2.32. The van der Waals surface area contributed by atoms with Gasteiger partial charge in [-0.3, -0.25) is 29.6 Å². The summed E-state index contributed by atoms with van der Waals surface area (Å²) in [7, 11) is -4.39. The van der Waals surface area contributed by atoms with Crippen molar-refractivity contribution in [3.8, 4) is 5.75 Å². The molecule has 0 aromatic heterocycles. The predicted octanol–water partition coefficient (Wildman–Crippen LogP) is 0.593. The van der Waals surface area contributed by atoms with E-state index in [9.17, 15) is 22.8 Å². The predicted molar refractivity (Wildman–Crippen MR) is 118 cm³/mol. The molecule has 3 aliphatic carbocycles. The van der Waals surface area contributed by atoms with Crippen LogP contribution in [0, 0.1) is 34.5 Å². The highest BCUT2D eigenvalue weighted by Crippen LogP contribution is 2.79. The number of esters is 3. The maximum absolute atomic E-state index is 13.6. The summed E-state index contributed by atoms with van der Waals surface area (Å²) in [4.78, 5) is 39.2. The molecule has 3 saturated heterocycles. The van der Waals surface area contributed by atoms with Gasteiger partial charge in [0, 0.05) is 11.8 Å². The van der Waals surface area contributed by atoms with Crippen molar-refractivity contribution in [2.24, 2.45) is 34.5 Å². The highest BCUT2D eigenvalue weighted by Gasteiger charge is 2.97. The minimum atomic E-state index is -4.39. The normalized spacial score (nSPS) is 46.1. The van der Waals surface area contributed by atoms with E-state index in [1.807, 2.05) is 20.8 Å². The topological polar surface area (TPSA) is 177 Å². The van der Waals surface area contributed by atoms with Gasteiger partial charge in [-0.2, -0.15) is 8.42 Å². The first-order valence-corrected chi connectivity index (χ1v) is 13.5. The third kappa shape index (κ3) is 2.58. The molecule has 192 valence electrons. The molecule has 2 bridgehead atoms. The molecule has 0 radical (unpaired) electrons. The zero-order valence-electron chi connectivity index (χ0n) is 19.8. The Morgan fingerprint density at radius 2 is 1.72 bits per heavy atom. The Labute approximate surface area is 207 Å². The van der Waals surface area contributed by atoms with Crippen molar-refractivity contribution >= 4 is 28.0 Å². The SMILES string of the molecule is CC1(C)CC1(C(=O)OC1C2CC3C1OC(=O)C3C2C(=O)Oc1ccc(S(=O)(=O)O)cc1)C12NC1(C)N2. The number of rotatable bonds is 6. The van der Waals surface area contributed by atoms with Crippen LogP contribution >= 0.6 is 0 Å². The monoisotopic (exact) mass is 518 g/mol. The van der Waals surface area contributed by atoms with Crippen LogP contribution in [-0.4, -0.2) is 54.4 Å². The minimum Gasteiger partial charge on any atom is -0.458 e. The molecule has 6 aliphatic rings. The van der Waals surface area contributed by atoms with Crippen LogP contribution in [0.15, 0.2) is 29.2 Å². The number of carbonyl (C=O) groups is 3. The zero-order chi connectivity index (χ0) is 25.6. The lowest BCUT2D eigenvalue weighted by molar-refractivity contribution is -0.171. The van der Waals surface area contributed by atoms with Gasteiger partial charge in [0.1, 0.15) is 34.7 Å². The Bertz CT molecular complexity index is 1350. The van der Waals surface area contributed by atoms with Crippen molar-refractivity contribution in [2.75, 3.05) is 0 Å². The van der Waals surface area contributed by atoms with Crippen molar-refractivity contribution in [2.45, 2.75) is 62.0 Å². The van der Waals surface area contributed by atoms with Crippen LogP contribution in [0.4, 0.5) is 0 Å². The molecule has 7 atom stereocenters. The molecular formula is C24H26N2O9S. The molecule has 36 heavy (non-hydrogen) atoms. The first-order valence-electron chi connectivity index (χ1n) is 12.0. The van der Waals surface area contributed by atoms with Crippen molar-refractivity contribution in [3.63, 3.8) is 0 Å². The van der Waals surface area contributed by atoms with Crippen LogP contribution in [0.25, 0.3) is 0 Å². The van der Waals surface area contributed by atoms with Crippen molar-refractivity contribution in [1.29, 1.82) is 0 Å². The second kappa shape index (κ2) is 6.29. The standard InChI is InChI=1S/C24H26N2O9S/c1-21(2)9-23(21,24-22(3,25-24)26-24)20(29)35-17-13-8-12-15(19(28)34-16(12)17)14(13)18(27)33-10-4-6-11(7-5-10)36(30,31)32/h4-7,12-17,25-26H,8-9H2,1-3H3,(H,30,31,32). The van der Waals surface area contributed by atoms with E-state index >= 15 is 0 Å². The third-order valence-electron chi connectivity index (χ3n) is 9.63. The second-order valence-electron chi connectivity index (χ2n) is 11.8. The van der Waals surface area contributed by atoms with Gasteiger partial charge in [0.25, 0.3) is 10.1 Å². The molecule has 7 unspecified atom stereocenters. The van der Waals surface area contributed by atoms with Crippen LogP contribution < -0.4 is 15.4 Å². The number of fused-ring (bicyclic) bond motifs is 2. The van der Waals surface area contributed by atoms with Gasteiger partial charge in [0.2, 0.25) is 0 Å². The third-order valence-corrected chi connectivity index (χ3v) is 10.5. The maximum atomic E-state index is 13.6. The first-order chi connectivity index (χ1) is 16.7. The summed E-state index contributed by atoms with van der Waals surface area (Å²) < 4.78 is 48.8. The van der Waals surface area contributed by atoms with Gasteiger partial charge in [0.05, 0.1) is 16.7 Å². The molecule has 12 heteroatoms. The molecule has 0 amide bonds. The van der Waals surface area contributed by atoms with Crippen LogP contribution in [0.1, 0.15) is 33.6 Å². The molecule has 3 saturated carbocycles. The summed E-state index contributed by atoms with van der Waals surface area (Å²) in [5, 5.41) is 6.73. The van der Waals surface area contributed by atoms with Crippen LogP contribution in [0.5, 0.6) is 5.75 Å². The van der Waals surface area contributed by atoms with Gasteiger partial charge in [0.15, 0.2) is 0 Å². The van der Waals surface area contributed by atoms with Gasteiger partial charge in [-0.15, -0.1) is 0 Å². The smallest absolute Gasteiger partial charge is 0.316 e. The van der Waals surface area contributed by atoms with E-state index in [4.69, 9.17) is 18.8 Å². The summed E-state index contributed by atoms with van der Waals surface area (Å²) in [6, 6.07) is 4.74. The number of carbonyl (C=O) groups excluding carboxylic acids is 3. The molecule has 7 rings (SSSR count). The number of hydrogen-bond acceptors (Lipinski definition) is 10. The summed E-state index contributed by atoms with van der Waals surface area (Å²) in [5.41, 5.74) is -1.74. The Morgan fingerprint density at radius 3 is 2.25 bits per heavy atom. The van der Waals surface area contributed by atoms with Gasteiger partial charge in [-0.25, -0.2) is 0 Å². The molecule has 3 heterocycles. The lowest BCUT2D eigenvalue weighted by atomic mass is 9.78. The van der Waals surface area contributed by atoms with E-state index in [-0.39, 0.29) is 33.6 Å². The maximum Gasteiger partial charge on any atom is 0.316 e. The van der Waals surface area contributed by atoms with Gasteiger partial charge >= 0.3 is 17.9 Å². The molecule has 1 aromatic rings. The summed E-state index contributed by atoms with van der Waals surface area (Å²) in [6.45, 7) is 6.07. The van der Waals surface area contributed by atoms with Crippen LogP contribution in [0.2, 0.25) is 0 Å². The van der Waals surface area contributed by atoms with E-state index in [0.717, 1.165) is 12.1 Å². The summed E-state index contributed by atoms with van der Waals surface area (Å²) in [5.74, 6) is -3.59. The van der Waals surface area contributed by atoms with Crippen molar-refractivity contribution in [3.05, 3.63) is 24.3 Å². The lowest BCUT2D eigenvalue weighted by Crippen LogP contribution is -2.48. The van der Waals surface area contributed by atoms with Crippen LogP contribution in [-0.2, 0) is 34.0 Å². The Kier molecular flexibility index (Phi) is 3.96. The van der Waals surface area contributed by atoms with Crippen molar-refractivity contribution < 1.29 is 41.6 Å². The Balaban J connectivity index is 1.12. The quantitative estimate of drug-likeness (QED) is 0.208. The average molecular weight is 519 g/mol. The minimum absolute atomic E-state index is 0.0725. The fraction of sp³-hybridized carbons (Fsp3) is 0.625. The molecule has 11 nitrogen and oxygen atoms in total.